The van der Waals surface area contributed by atoms with Crippen LogP contribution in [0.5, 0.6) is 0 Å². The average molecular weight is 349 g/mol. The highest BCUT2D eigenvalue weighted by atomic mass is 79.9. The zero-order valence-electron chi connectivity index (χ0n) is 11.6. The van der Waals surface area contributed by atoms with Gasteiger partial charge in [0.1, 0.15) is 0 Å². The number of fused-ring (bicyclic) bond motifs is 2. The van der Waals surface area contributed by atoms with Crippen LogP contribution in [0.2, 0.25) is 0 Å². The summed E-state index contributed by atoms with van der Waals surface area (Å²) in [5, 5.41) is 10.6. The lowest BCUT2D eigenvalue weighted by Gasteiger charge is -2.14. The van der Waals surface area contributed by atoms with E-state index in [1.54, 1.807) is 11.8 Å². The number of hydrogen-bond donors (Lipinski definition) is 1. The minimum Gasteiger partial charge on any atom is -0.388 e. The predicted octanol–water partition coefficient (Wildman–Crippen LogP) is 5.31. The number of hydrogen-bond acceptors (Lipinski definition) is 2. The summed E-state index contributed by atoms with van der Waals surface area (Å²) in [7, 11) is 0. The molecule has 0 aromatic heterocycles. The summed E-state index contributed by atoms with van der Waals surface area (Å²) >= 11 is 5.27. The summed E-state index contributed by atoms with van der Waals surface area (Å²) in [6.45, 7) is 4.37. The molecule has 0 amide bonds. The molecular formula is C17H17BrOS. The smallest absolute Gasteiger partial charge is 0.0841 e. The first-order valence-electron chi connectivity index (χ1n) is 6.83. The summed E-state index contributed by atoms with van der Waals surface area (Å²) in [6, 6.07) is 12.8. The van der Waals surface area contributed by atoms with Gasteiger partial charge in [0.25, 0.3) is 0 Å². The molecule has 1 atom stereocenters. The summed E-state index contributed by atoms with van der Waals surface area (Å²) in [4.78, 5) is 2.41. The molecule has 0 spiro atoms. The van der Waals surface area contributed by atoms with Gasteiger partial charge in [-0.15, -0.1) is 0 Å². The van der Waals surface area contributed by atoms with Crippen molar-refractivity contribution in [2.75, 3.05) is 0 Å². The average Bonchev–Trinajstić information content (AvgIpc) is 2.54. The second-order valence-corrected chi connectivity index (χ2v) is 7.53. The van der Waals surface area contributed by atoms with Gasteiger partial charge in [0.2, 0.25) is 0 Å². The molecule has 2 aromatic carbocycles. The molecule has 0 unspecified atom stereocenters. The Morgan fingerprint density at radius 3 is 2.65 bits per heavy atom. The summed E-state index contributed by atoms with van der Waals surface area (Å²) in [5.74, 6) is 0.484. The Balaban J connectivity index is 2.08. The molecule has 0 saturated carbocycles. The number of aliphatic hydroxyl groups is 1. The quantitative estimate of drug-likeness (QED) is 0.753. The molecule has 0 aliphatic carbocycles. The van der Waals surface area contributed by atoms with Gasteiger partial charge in [0, 0.05) is 20.7 Å². The van der Waals surface area contributed by atoms with Crippen LogP contribution >= 0.6 is 27.7 Å². The molecule has 104 valence electrons. The van der Waals surface area contributed by atoms with E-state index < -0.39 is 6.10 Å². The molecule has 3 rings (SSSR count). The van der Waals surface area contributed by atoms with E-state index in [0.29, 0.717) is 12.3 Å². The Morgan fingerprint density at radius 2 is 1.90 bits per heavy atom. The lowest BCUT2D eigenvalue weighted by Crippen LogP contribution is -2.03. The molecule has 0 bridgehead atoms. The fourth-order valence-corrected chi connectivity index (χ4v) is 4.03. The molecule has 1 N–H and O–H groups in total. The molecule has 20 heavy (non-hydrogen) atoms. The lowest BCUT2D eigenvalue weighted by molar-refractivity contribution is 0.175. The van der Waals surface area contributed by atoms with Crippen molar-refractivity contribution in [2.24, 2.45) is 0 Å². The highest BCUT2D eigenvalue weighted by Gasteiger charge is 2.21. The van der Waals surface area contributed by atoms with Gasteiger partial charge in [-0.3, -0.25) is 0 Å². The van der Waals surface area contributed by atoms with Gasteiger partial charge in [-0.05, 0) is 46.9 Å². The Morgan fingerprint density at radius 1 is 1.15 bits per heavy atom. The van der Waals surface area contributed by atoms with Crippen molar-refractivity contribution < 1.29 is 5.11 Å². The Hall–Kier alpha value is -0.770. The van der Waals surface area contributed by atoms with Crippen LogP contribution in [0.1, 0.15) is 42.6 Å². The van der Waals surface area contributed by atoms with Crippen LogP contribution < -0.4 is 0 Å². The van der Waals surface area contributed by atoms with Crippen molar-refractivity contribution in [3.05, 3.63) is 57.6 Å². The highest BCUT2D eigenvalue weighted by Crippen LogP contribution is 2.42. The number of halogens is 1. The van der Waals surface area contributed by atoms with E-state index in [2.05, 4.69) is 66.2 Å². The van der Waals surface area contributed by atoms with Crippen molar-refractivity contribution in [1.29, 1.82) is 0 Å². The second-order valence-electron chi connectivity index (χ2n) is 5.53. The summed E-state index contributed by atoms with van der Waals surface area (Å²) < 4.78 is 1.07. The van der Waals surface area contributed by atoms with Crippen LogP contribution in [-0.4, -0.2) is 5.11 Å². The molecule has 2 aromatic rings. The third-order valence-corrected chi connectivity index (χ3v) is 5.42. The van der Waals surface area contributed by atoms with Crippen LogP contribution in [-0.2, 0) is 6.42 Å². The van der Waals surface area contributed by atoms with Gasteiger partial charge in [-0.2, -0.15) is 0 Å². The third kappa shape index (κ3) is 2.67. The maximum absolute atomic E-state index is 10.6. The maximum Gasteiger partial charge on any atom is 0.0841 e. The van der Waals surface area contributed by atoms with E-state index in [1.165, 1.54) is 20.9 Å². The number of aliphatic hydroxyl groups excluding tert-OH is 1. The molecule has 0 fully saturated rings. The maximum atomic E-state index is 10.6. The second kappa shape index (κ2) is 5.55. The van der Waals surface area contributed by atoms with Gasteiger partial charge in [-0.25, -0.2) is 0 Å². The van der Waals surface area contributed by atoms with Crippen molar-refractivity contribution in [2.45, 2.75) is 42.1 Å². The standard InChI is InChI=1S/C17H17BrOS/c1-10(2)11-3-5-17-14(8-11)15(19)9-12-7-13(18)4-6-16(12)20-17/h3-8,10,15,19H,9H2,1-2H3/t15-/m0/s1. The zero-order chi connectivity index (χ0) is 14.3. The first kappa shape index (κ1) is 14.2. The normalized spacial score (nSPS) is 17.6. The van der Waals surface area contributed by atoms with Crippen LogP contribution in [0.4, 0.5) is 0 Å². The zero-order valence-corrected chi connectivity index (χ0v) is 14.0. The monoisotopic (exact) mass is 348 g/mol. The van der Waals surface area contributed by atoms with Gasteiger partial charge >= 0.3 is 0 Å². The number of benzene rings is 2. The summed E-state index contributed by atoms with van der Waals surface area (Å²) in [5.41, 5.74) is 3.56. The van der Waals surface area contributed by atoms with Crippen LogP contribution in [0.25, 0.3) is 0 Å². The minimum atomic E-state index is -0.424. The van der Waals surface area contributed by atoms with Crippen LogP contribution in [0, 0.1) is 0 Å². The molecular weight excluding hydrogens is 332 g/mol. The fraction of sp³-hybridized carbons (Fsp3) is 0.294. The molecule has 3 heteroatoms. The molecule has 1 aliphatic heterocycles. The van der Waals surface area contributed by atoms with Gasteiger partial charge < -0.3 is 5.11 Å². The van der Waals surface area contributed by atoms with Crippen molar-refractivity contribution in [1.82, 2.24) is 0 Å². The van der Waals surface area contributed by atoms with Gasteiger partial charge in [-0.1, -0.05) is 53.7 Å². The van der Waals surface area contributed by atoms with Crippen molar-refractivity contribution >= 4 is 27.7 Å². The summed E-state index contributed by atoms with van der Waals surface area (Å²) in [6.07, 6.45) is 0.253. The molecule has 0 radical (unpaired) electrons. The SMILES string of the molecule is CC(C)c1ccc2c(c1)[C@@H](O)Cc1cc(Br)ccc1S2. The first-order chi connectivity index (χ1) is 9.54. The van der Waals surface area contributed by atoms with Crippen molar-refractivity contribution in [3.63, 3.8) is 0 Å². The largest absolute Gasteiger partial charge is 0.388 e. The third-order valence-electron chi connectivity index (χ3n) is 3.72. The van der Waals surface area contributed by atoms with Gasteiger partial charge in [0.15, 0.2) is 0 Å². The van der Waals surface area contributed by atoms with Crippen LogP contribution in [0.3, 0.4) is 0 Å². The van der Waals surface area contributed by atoms with E-state index >= 15 is 0 Å². The molecule has 0 saturated heterocycles. The van der Waals surface area contributed by atoms with Crippen LogP contribution in [0.15, 0.2) is 50.7 Å². The van der Waals surface area contributed by atoms with E-state index in [1.807, 2.05) is 0 Å². The van der Waals surface area contributed by atoms with Gasteiger partial charge in [0.05, 0.1) is 6.10 Å². The van der Waals surface area contributed by atoms with Crippen molar-refractivity contribution in [3.8, 4) is 0 Å². The molecule has 1 aliphatic rings. The fourth-order valence-electron chi connectivity index (χ4n) is 2.52. The van der Waals surface area contributed by atoms with E-state index in [0.717, 1.165) is 10.0 Å². The Bertz CT molecular complexity index is 651. The Labute approximate surface area is 132 Å². The van der Waals surface area contributed by atoms with E-state index in [4.69, 9.17) is 0 Å². The Kier molecular flexibility index (Phi) is 3.93. The van der Waals surface area contributed by atoms with E-state index in [9.17, 15) is 5.11 Å². The highest BCUT2D eigenvalue weighted by molar-refractivity contribution is 9.10. The lowest BCUT2D eigenvalue weighted by atomic mass is 9.96. The number of rotatable bonds is 1. The predicted molar refractivity (Wildman–Crippen MR) is 87.5 cm³/mol. The molecule has 1 heterocycles. The topological polar surface area (TPSA) is 20.2 Å². The molecule has 1 nitrogen and oxygen atoms in total. The van der Waals surface area contributed by atoms with E-state index in [-0.39, 0.29) is 0 Å². The first-order valence-corrected chi connectivity index (χ1v) is 8.43. The minimum absolute atomic E-state index is 0.424.